The monoisotopic (exact) mass is 367 g/mol. The van der Waals surface area contributed by atoms with Crippen LogP contribution in [-0.4, -0.2) is 25.6 Å². The van der Waals surface area contributed by atoms with Crippen LogP contribution in [0.2, 0.25) is 0 Å². The van der Waals surface area contributed by atoms with Crippen molar-refractivity contribution in [2.75, 3.05) is 7.05 Å². The number of hydrogen-bond donors (Lipinski definition) is 0. The second kappa shape index (κ2) is 5.78. The topological polar surface area (TPSA) is 54.5 Å². The molecule has 4 rings (SSSR count). The van der Waals surface area contributed by atoms with Gasteiger partial charge in [0.05, 0.1) is 4.90 Å². The van der Waals surface area contributed by atoms with E-state index in [4.69, 9.17) is 0 Å². The largest absolute Gasteiger partial charge is 0.287 e. The van der Waals surface area contributed by atoms with Gasteiger partial charge in [-0.2, -0.15) is 0 Å². The Labute approximate surface area is 150 Å². The Balaban J connectivity index is 1.85. The van der Waals surface area contributed by atoms with Gasteiger partial charge in [0.15, 0.2) is 0 Å². The van der Waals surface area contributed by atoms with Gasteiger partial charge in [0, 0.05) is 12.6 Å². The fraction of sp³-hybridized carbons (Fsp3) is 0.0500. The summed E-state index contributed by atoms with van der Waals surface area (Å²) in [6, 6.07) is 16.3. The summed E-state index contributed by atoms with van der Waals surface area (Å²) in [5, 5.41) is 1.88. The highest BCUT2D eigenvalue weighted by Gasteiger charge is 2.33. The summed E-state index contributed by atoms with van der Waals surface area (Å²) in [6.07, 6.45) is 1.48. The zero-order valence-corrected chi connectivity index (χ0v) is 14.6. The van der Waals surface area contributed by atoms with Crippen LogP contribution in [0.15, 0.2) is 71.3 Å². The summed E-state index contributed by atoms with van der Waals surface area (Å²) in [7, 11) is -2.68. The Morgan fingerprint density at radius 1 is 0.962 bits per heavy atom. The molecule has 0 atom stereocenters. The second-order valence-corrected chi connectivity index (χ2v) is 8.01. The van der Waals surface area contributed by atoms with E-state index in [1.807, 2.05) is 30.3 Å². The van der Waals surface area contributed by atoms with E-state index >= 15 is 0 Å². The lowest BCUT2D eigenvalue weighted by molar-refractivity contribution is 0.101. The molecule has 0 radical (unpaired) electrons. The van der Waals surface area contributed by atoms with Gasteiger partial charge in [0.1, 0.15) is 11.5 Å². The Hall–Kier alpha value is -2.99. The molecule has 0 amide bonds. The van der Waals surface area contributed by atoms with Gasteiger partial charge in [-0.05, 0) is 40.6 Å². The van der Waals surface area contributed by atoms with Crippen LogP contribution in [-0.2, 0) is 10.0 Å². The van der Waals surface area contributed by atoms with E-state index in [0.717, 1.165) is 21.1 Å². The number of halogens is 1. The molecule has 3 aromatic carbocycles. The maximum atomic E-state index is 13.5. The van der Waals surface area contributed by atoms with Gasteiger partial charge in [-0.1, -0.05) is 42.5 Å². The number of carbonyl (C=O) groups excluding carboxylic acids is 1. The van der Waals surface area contributed by atoms with Crippen molar-refractivity contribution >= 4 is 32.7 Å². The van der Waals surface area contributed by atoms with E-state index in [2.05, 4.69) is 0 Å². The number of carbonyl (C=O) groups is 1. The maximum absolute atomic E-state index is 13.5. The van der Waals surface area contributed by atoms with Crippen LogP contribution in [0, 0.1) is 5.82 Å². The normalized spacial score (nSPS) is 15.5. The number of fused-ring (bicyclic) bond motifs is 2. The van der Waals surface area contributed by atoms with Crippen molar-refractivity contribution in [3.63, 3.8) is 0 Å². The molecular weight excluding hydrogens is 353 g/mol. The van der Waals surface area contributed by atoms with Gasteiger partial charge in [-0.15, -0.1) is 0 Å². The molecule has 0 saturated carbocycles. The molecule has 0 aromatic heterocycles. The fourth-order valence-corrected chi connectivity index (χ4v) is 4.43. The lowest BCUT2D eigenvalue weighted by Crippen LogP contribution is -2.33. The Morgan fingerprint density at radius 3 is 2.46 bits per heavy atom. The SMILES string of the molecule is CN1C(C(=O)c2ccc3ccccc3c2)=Cc2ccc(F)cc2S1(=O)=O. The van der Waals surface area contributed by atoms with Crippen LogP contribution in [0.1, 0.15) is 15.9 Å². The van der Waals surface area contributed by atoms with Gasteiger partial charge in [-0.25, -0.2) is 12.8 Å². The highest BCUT2D eigenvalue weighted by molar-refractivity contribution is 7.89. The van der Waals surface area contributed by atoms with Crippen molar-refractivity contribution in [2.24, 2.45) is 0 Å². The van der Waals surface area contributed by atoms with Crippen LogP contribution in [0.25, 0.3) is 16.8 Å². The molecule has 0 fully saturated rings. The summed E-state index contributed by atoms with van der Waals surface area (Å²) < 4.78 is 39.7. The molecule has 4 nitrogen and oxygen atoms in total. The molecule has 130 valence electrons. The van der Waals surface area contributed by atoms with Crippen LogP contribution in [0.4, 0.5) is 4.39 Å². The molecule has 3 aromatic rings. The summed E-state index contributed by atoms with van der Waals surface area (Å²) in [5.41, 5.74) is 0.718. The minimum atomic E-state index is -3.98. The van der Waals surface area contributed by atoms with Crippen LogP contribution in [0.3, 0.4) is 0 Å². The van der Waals surface area contributed by atoms with Gasteiger partial charge < -0.3 is 0 Å². The highest BCUT2D eigenvalue weighted by Crippen LogP contribution is 2.32. The third-order valence-corrected chi connectivity index (χ3v) is 6.32. The minimum absolute atomic E-state index is 0.0272. The molecule has 0 unspecified atom stereocenters. The third kappa shape index (κ3) is 2.50. The molecule has 0 spiro atoms. The molecule has 1 heterocycles. The quantitative estimate of drug-likeness (QED) is 0.647. The molecule has 0 N–H and O–H groups in total. The molecule has 0 saturated heterocycles. The number of allylic oxidation sites excluding steroid dienone is 1. The molecule has 0 aliphatic carbocycles. The average Bonchev–Trinajstić information content (AvgIpc) is 2.64. The zero-order chi connectivity index (χ0) is 18.5. The number of sulfonamides is 1. The average molecular weight is 367 g/mol. The Bertz CT molecular complexity index is 1200. The van der Waals surface area contributed by atoms with Crippen molar-refractivity contribution in [3.8, 4) is 0 Å². The smallest absolute Gasteiger partial charge is 0.264 e. The first-order chi connectivity index (χ1) is 12.4. The van der Waals surface area contributed by atoms with Crippen molar-refractivity contribution in [3.05, 3.63) is 83.3 Å². The molecule has 26 heavy (non-hydrogen) atoms. The zero-order valence-electron chi connectivity index (χ0n) is 13.8. The van der Waals surface area contributed by atoms with E-state index in [1.165, 1.54) is 25.3 Å². The molecular formula is C20H14FNO3S. The predicted molar refractivity (Wildman–Crippen MR) is 97.6 cm³/mol. The number of Topliss-reactive ketones (excluding diaryl/α,β-unsaturated/α-hetero) is 1. The van der Waals surface area contributed by atoms with E-state index in [1.54, 1.807) is 12.1 Å². The summed E-state index contributed by atoms with van der Waals surface area (Å²) in [4.78, 5) is 12.8. The number of rotatable bonds is 2. The number of hydrogen-bond acceptors (Lipinski definition) is 3. The Morgan fingerprint density at radius 2 is 1.69 bits per heavy atom. The van der Waals surface area contributed by atoms with Gasteiger partial charge in [0.2, 0.25) is 5.78 Å². The predicted octanol–water partition coefficient (Wildman–Crippen LogP) is 3.84. The Kier molecular flexibility index (Phi) is 3.66. The number of benzene rings is 3. The first-order valence-electron chi connectivity index (χ1n) is 7.91. The van der Waals surface area contributed by atoms with Crippen LogP contribution in [0.5, 0.6) is 0 Å². The maximum Gasteiger partial charge on any atom is 0.264 e. The molecule has 1 aliphatic heterocycles. The van der Waals surface area contributed by atoms with Crippen molar-refractivity contribution < 1.29 is 17.6 Å². The van der Waals surface area contributed by atoms with E-state index < -0.39 is 21.6 Å². The number of ketones is 1. The van der Waals surface area contributed by atoms with Gasteiger partial charge >= 0.3 is 0 Å². The van der Waals surface area contributed by atoms with Crippen molar-refractivity contribution in [1.29, 1.82) is 0 Å². The van der Waals surface area contributed by atoms with Crippen molar-refractivity contribution in [1.82, 2.24) is 4.31 Å². The van der Waals surface area contributed by atoms with Crippen LogP contribution >= 0.6 is 0 Å². The lowest BCUT2D eigenvalue weighted by Gasteiger charge is -2.27. The number of likely N-dealkylation sites (N-methyl/N-ethyl adjacent to an activating group) is 1. The highest BCUT2D eigenvalue weighted by atomic mass is 32.2. The van der Waals surface area contributed by atoms with E-state index in [0.29, 0.717) is 11.1 Å². The number of nitrogens with zero attached hydrogens (tertiary/aromatic N) is 1. The standard InChI is InChI=1S/C20H14FNO3S/c1-22-18(11-15-8-9-17(21)12-19(15)26(22,24)25)20(23)16-7-6-13-4-2-3-5-14(13)10-16/h2-12H,1H3. The first-order valence-corrected chi connectivity index (χ1v) is 9.35. The van der Waals surface area contributed by atoms with E-state index in [9.17, 15) is 17.6 Å². The van der Waals surface area contributed by atoms with E-state index in [-0.39, 0.29) is 10.6 Å². The van der Waals surface area contributed by atoms with Crippen LogP contribution < -0.4 is 0 Å². The minimum Gasteiger partial charge on any atom is -0.287 e. The van der Waals surface area contributed by atoms with Gasteiger partial charge in [-0.3, -0.25) is 9.10 Å². The lowest BCUT2D eigenvalue weighted by atomic mass is 10.0. The summed E-state index contributed by atoms with van der Waals surface area (Å²) >= 11 is 0. The van der Waals surface area contributed by atoms with Crippen molar-refractivity contribution in [2.45, 2.75) is 4.90 Å². The first kappa shape index (κ1) is 16.5. The molecule has 6 heteroatoms. The second-order valence-electron chi connectivity index (χ2n) is 6.08. The molecule has 0 bridgehead atoms. The fourth-order valence-electron chi connectivity index (χ4n) is 3.05. The summed E-state index contributed by atoms with van der Waals surface area (Å²) in [6.45, 7) is 0. The third-order valence-electron chi connectivity index (χ3n) is 4.49. The summed E-state index contributed by atoms with van der Waals surface area (Å²) in [5.74, 6) is -1.05. The molecule has 1 aliphatic rings. The van der Waals surface area contributed by atoms with Gasteiger partial charge in [0.25, 0.3) is 10.0 Å².